The molecule has 0 amide bonds. The van der Waals surface area contributed by atoms with E-state index in [4.69, 9.17) is 10.5 Å². The van der Waals surface area contributed by atoms with Gasteiger partial charge in [-0.3, -0.25) is 0 Å². The highest BCUT2D eigenvalue weighted by Crippen LogP contribution is 2.25. The van der Waals surface area contributed by atoms with Gasteiger partial charge in [-0.25, -0.2) is 0 Å². The van der Waals surface area contributed by atoms with Gasteiger partial charge >= 0.3 is 0 Å². The summed E-state index contributed by atoms with van der Waals surface area (Å²) in [6, 6.07) is 6.24. The predicted molar refractivity (Wildman–Crippen MR) is 64.3 cm³/mol. The summed E-state index contributed by atoms with van der Waals surface area (Å²) in [5.74, 6) is 0.949. The van der Waals surface area contributed by atoms with Gasteiger partial charge in [-0.2, -0.15) is 0 Å². The molecule has 2 N–H and O–H groups in total. The van der Waals surface area contributed by atoms with Gasteiger partial charge in [-0.1, -0.05) is 19.1 Å². The fourth-order valence-electron chi connectivity index (χ4n) is 1.34. The molecule has 2 heteroatoms. The van der Waals surface area contributed by atoms with Crippen LogP contribution in [0.3, 0.4) is 0 Å². The average molecular weight is 207 g/mol. The Balaban J connectivity index is 2.92. The summed E-state index contributed by atoms with van der Waals surface area (Å²) >= 11 is 0. The summed E-state index contributed by atoms with van der Waals surface area (Å²) in [4.78, 5) is 0. The molecule has 0 aliphatic rings. The molecule has 2 nitrogen and oxygen atoms in total. The average Bonchev–Trinajstić information content (AvgIpc) is 2.23. The van der Waals surface area contributed by atoms with Crippen molar-refractivity contribution in [3.05, 3.63) is 29.3 Å². The summed E-state index contributed by atoms with van der Waals surface area (Å²) in [7, 11) is 0. The lowest BCUT2D eigenvalue weighted by Gasteiger charge is -2.29. The second-order valence-electron chi connectivity index (χ2n) is 4.38. The van der Waals surface area contributed by atoms with Crippen LogP contribution in [0.5, 0.6) is 5.75 Å². The minimum atomic E-state index is -0.251. The van der Waals surface area contributed by atoms with Gasteiger partial charge in [0.1, 0.15) is 11.4 Å². The van der Waals surface area contributed by atoms with E-state index in [2.05, 4.69) is 45.9 Å². The first kappa shape index (κ1) is 12.1. The van der Waals surface area contributed by atoms with Gasteiger partial charge in [0.25, 0.3) is 0 Å². The molecule has 1 aromatic carbocycles. The molecule has 0 aliphatic carbocycles. The maximum Gasteiger partial charge on any atom is 0.123 e. The van der Waals surface area contributed by atoms with Crippen LogP contribution in [0.15, 0.2) is 18.2 Å². The van der Waals surface area contributed by atoms with E-state index in [0.29, 0.717) is 6.54 Å². The Morgan fingerprint density at radius 2 is 2.00 bits per heavy atom. The number of ether oxygens (including phenoxy) is 1. The molecule has 1 rings (SSSR count). The first-order chi connectivity index (χ1) is 7.00. The topological polar surface area (TPSA) is 35.2 Å². The van der Waals surface area contributed by atoms with E-state index < -0.39 is 0 Å². The van der Waals surface area contributed by atoms with Crippen LogP contribution in [0.25, 0.3) is 0 Å². The molecule has 1 atom stereocenters. The number of nitrogens with two attached hydrogens (primary N) is 1. The Bertz CT molecular complexity index is 329. The van der Waals surface area contributed by atoms with E-state index in [0.717, 1.165) is 17.7 Å². The smallest absolute Gasteiger partial charge is 0.123 e. The van der Waals surface area contributed by atoms with Crippen LogP contribution < -0.4 is 10.5 Å². The lowest BCUT2D eigenvalue weighted by molar-refractivity contribution is 0.0926. The molecule has 0 saturated carbocycles. The van der Waals surface area contributed by atoms with Gasteiger partial charge in [0.05, 0.1) is 0 Å². The summed E-state index contributed by atoms with van der Waals surface area (Å²) in [5.41, 5.74) is 7.85. The van der Waals surface area contributed by atoms with Gasteiger partial charge < -0.3 is 10.5 Å². The van der Waals surface area contributed by atoms with E-state index in [1.165, 1.54) is 5.56 Å². The Labute approximate surface area is 92.4 Å². The van der Waals surface area contributed by atoms with Crippen LogP contribution in [0.4, 0.5) is 0 Å². The van der Waals surface area contributed by atoms with E-state index in [-0.39, 0.29) is 5.60 Å². The molecule has 0 bridgehead atoms. The number of hydrogen-bond acceptors (Lipinski definition) is 2. The van der Waals surface area contributed by atoms with E-state index >= 15 is 0 Å². The second-order valence-corrected chi connectivity index (χ2v) is 4.38. The van der Waals surface area contributed by atoms with Gasteiger partial charge in [0.15, 0.2) is 0 Å². The standard InChI is InChI=1S/C13H21NO/c1-5-13(4,9-14)15-12-8-10(2)6-7-11(12)3/h6-8H,5,9,14H2,1-4H3. The van der Waals surface area contributed by atoms with E-state index in [9.17, 15) is 0 Å². The largest absolute Gasteiger partial charge is 0.486 e. The maximum atomic E-state index is 5.99. The summed E-state index contributed by atoms with van der Waals surface area (Å²) in [6.45, 7) is 8.81. The zero-order chi connectivity index (χ0) is 11.5. The third kappa shape index (κ3) is 2.96. The molecule has 0 radical (unpaired) electrons. The molecular formula is C13H21NO. The van der Waals surface area contributed by atoms with Crippen LogP contribution in [-0.4, -0.2) is 12.1 Å². The number of hydrogen-bond donors (Lipinski definition) is 1. The van der Waals surface area contributed by atoms with Crippen molar-refractivity contribution >= 4 is 0 Å². The first-order valence-corrected chi connectivity index (χ1v) is 5.47. The minimum Gasteiger partial charge on any atom is -0.486 e. The molecule has 0 spiro atoms. The fraction of sp³-hybridized carbons (Fsp3) is 0.538. The van der Waals surface area contributed by atoms with Crippen molar-refractivity contribution in [2.75, 3.05) is 6.54 Å². The zero-order valence-corrected chi connectivity index (χ0v) is 10.1. The van der Waals surface area contributed by atoms with E-state index in [1.54, 1.807) is 0 Å². The van der Waals surface area contributed by atoms with Crippen molar-refractivity contribution in [3.63, 3.8) is 0 Å². The highest BCUT2D eigenvalue weighted by molar-refractivity contribution is 5.36. The highest BCUT2D eigenvalue weighted by atomic mass is 16.5. The zero-order valence-electron chi connectivity index (χ0n) is 10.1. The summed E-state index contributed by atoms with van der Waals surface area (Å²) < 4.78 is 5.99. The monoisotopic (exact) mass is 207 g/mol. The lowest BCUT2D eigenvalue weighted by Crippen LogP contribution is -2.40. The van der Waals surface area contributed by atoms with Crippen molar-refractivity contribution in [1.29, 1.82) is 0 Å². The normalized spacial score (nSPS) is 14.7. The van der Waals surface area contributed by atoms with Gasteiger partial charge in [0.2, 0.25) is 0 Å². The van der Waals surface area contributed by atoms with Crippen molar-refractivity contribution in [1.82, 2.24) is 0 Å². The number of benzene rings is 1. The van der Waals surface area contributed by atoms with Crippen LogP contribution in [0.2, 0.25) is 0 Å². The Morgan fingerprint density at radius 3 is 2.53 bits per heavy atom. The number of rotatable bonds is 4. The van der Waals surface area contributed by atoms with Crippen LogP contribution in [0.1, 0.15) is 31.4 Å². The number of aryl methyl sites for hydroxylation is 2. The van der Waals surface area contributed by atoms with Gasteiger partial charge in [-0.15, -0.1) is 0 Å². The first-order valence-electron chi connectivity index (χ1n) is 5.47. The molecule has 0 fully saturated rings. The highest BCUT2D eigenvalue weighted by Gasteiger charge is 2.22. The Morgan fingerprint density at radius 1 is 1.33 bits per heavy atom. The minimum absolute atomic E-state index is 0.251. The predicted octanol–water partition coefficient (Wildman–Crippen LogP) is 2.81. The van der Waals surface area contributed by atoms with Crippen LogP contribution >= 0.6 is 0 Å². The SMILES string of the molecule is CCC(C)(CN)Oc1cc(C)ccc1C. The quantitative estimate of drug-likeness (QED) is 0.824. The molecule has 0 aliphatic heterocycles. The Kier molecular flexibility index (Phi) is 3.75. The van der Waals surface area contributed by atoms with Crippen molar-refractivity contribution in [2.45, 2.75) is 39.7 Å². The molecule has 1 unspecified atom stereocenters. The van der Waals surface area contributed by atoms with E-state index in [1.807, 2.05) is 0 Å². The molecule has 0 saturated heterocycles. The molecule has 0 heterocycles. The third-order valence-electron chi connectivity index (χ3n) is 2.88. The Hall–Kier alpha value is -1.02. The van der Waals surface area contributed by atoms with Crippen molar-refractivity contribution < 1.29 is 4.74 Å². The fourth-order valence-corrected chi connectivity index (χ4v) is 1.34. The third-order valence-corrected chi connectivity index (χ3v) is 2.88. The molecule has 0 aromatic heterocycles. The molecule has 15 heavy (non-hydrogen) atoms. The molecule has 1 aromatic rings. The van der Waals surface area contributed by atoms with Gasteiger partial charge in [0, 0.05) is 6.54 Å². The molecular weight excluding hydrogens is 186 g/mol. The van der Waals surface area contributed by atoms with Gasteiger partial charge in [-0.05, 0) is 44.4 Å². The van der Waals surface area contributed by atoms with Crippen molar-refractivity contribution in [3.8, 4) is 5.75 Å². The lowest BCUT2D eigenvalue weighted by atomic mass is 10.0. The second kappa shape index (κ2) is 4.67. The van der Waals surface area contributed by atoms with Crippen molar-refractivity contribution in [2.24, 2.45) is 5.73 Å². The maximum absolute atomic E-state index is 5.99. The summed E-state index contributed by atoms with van der Waals surface area (Å²) in [6.07, 6.45) is 0.914. The molecule has 84 valence electrons. The van der Waals surface area contributed by atoms with Crippen LogP contribution in [0, 0.1) is 13.8 Å². The van der Waals surface area contributed by atoms with Crippen LogP contribution in [-0.2, 0) is 0 Å². The summed E-state index contributed by atoms with van der Waals surface area (Å²) in [5, 5.41) is 0.